The van der Waals surface area contributed by atoms with Crippen LogP contribution in [0.4, 0.5) is 0 Å². The number of carbonyl (C=O) groups is 1. The first-order chi connectivity index (χ1) is 14.1. The van der Waals surface area contributed by atoms with E-state index in [0.717, 1.165) is 29.0 Å². The van der Waals surface area contributed by atoms with Crippen LogP contribution in [0.3, 0.4) is 0 Å². The van der Waals surface area contributed by atoms with Gasteiger partial charge in [-0.1, -0.05) is 24.3 Å². The van der Waals surface area contributed by atoms with Gasteiger partial charge in [-0.15, -0.1) is 0 Å². The number of ether oxygens (including phenoxy) is 4. The van der Waals surface area contributed by atoms with Gasteiger partial charge >= 0.3 is 0 Å². The molecular weight excluding hydrogens is 370 g/mol. The van der Waals surface area contributed by atoms with Crippen LogP contribution in [-0.2, 0) is 27.5 Å². The summed E-state index contributed by atoms with van der Waals surface area (Å²) in [7, 11) is 3.30. The highest BCUT2D eigenvalue weighted by Crippen LogP contribution is 2.31. The number of piperidine rings is 1. The highest BCUT2D eigenvalue weighted by atomic mass is 16.5. The quantitative estimate of drug-likeness (QED) is 0.664. The largest absolute Gasteiger partial charge is 0.497 e. The maximum absolute atomic E-state index is 12.0. The van der Waals surface area contributed by atoms with E-state index in [4.69, 9.17) is 18.9 Å². The molecule has 0 spiro atoms. The van der Waals surface area contributed by atoms with Gasteiger partial charge < -0.3 is 24.3 Å². The summed E-state index contributed by atoms with van der Waals surface area (Å²) in [6, 6.07) is 15.6. The first-order valence-corrected chi connectivity index (χ1v) is 9.80. The van der Waals surface area contributed by atoms with Crippen molar-refractivity contribution in [3.63, 3.8) is 0 Å². The average molecular weight is 399 g/mol. The molecule has 1 N–H and O–H groups in total. The number of hydrogen-bond donors (Lipinski definition) is 1. The number of amides is 1. The molecule has 6 heteroatoms. The third-order valence-corrected chi connectivity index (χ3v) is 5.19. The Morgan fingerprint density at radius 3 is 1.72 bits per heavy atom. The molecule has 1 amide bonds. The van der Waals surface area contributed by atoms with Gasteiger partial charge in [0.15, 0.2) is 0 Å². The molecule has 0 bridgehead atoms. The van der Waals surface area contributed by atoms with Gasteiger partial charge in [0.25, 0.3) is 0 Å². The van der Waals surface area contributed by atoms with Crippen LogP contribution in [0.2, 0.25) is 0 Å². The normalized spacial score (nSPS) is 15.6. The summed E-state index contributed by atoms with van der Waals surface area (Å²) in [6.45, 7) is 2.60. The minimum absolute atomic E-state index is 0.0531. The zero-order chi connectivity index (χ0) is 20.5. The summed E-state index contributed by atoms with van der Waals surface area (Å²) in [5, 5.41) is 2.90. The SMILES string of the molecule is COc1ccc(COCC2(COCc3ccc(OC)cc3)CCNC(=O)C2)cc1. The van der Waals surface area contributed by atoms with E-state index in [1.54, 1.807) is 14.2 Å². The lowest BCUT2D eigenvalue weighted by atomic mass is 9.80. The molecule has 1 aliphatic heterocycles. The highest BCUT2D eigenvalue weighted by Gasteiger charge is 2.36. The Balaban J connectivity index is 1.53. The fourth-order valence-electron chi connectivity index (χ4n) is 3.46. The van der Waals surface area contributed by atoms with E-state index >= 15 is 0 Å². The lowest BCUT2D eigenvalue weighted by Gasteiger charge is -2.36. The van der Waals surface area contributed by atoms with Crippen molar-refractivity contribution in [2.45, 2.75) is 26.1 Å². The lowest BCUT2D eigenvalue weighted by molar-refractivity contribution is -0.131. The van der Waals surface area contributed by atoms with E-state index in [-0.39, 0.29) is 11.3 Å². The predicted molar refractivity (Wildman–Crippen MR) is 110 cm³/mol. The maximum Gasteiger partial charge on any atom is 0.220 e. The van der Waals surface area contributed by atoms with E-state index in [1.165, 1.54) is 0 Å². The first-order valence-electron chi connectivity index (χ1n) is 9.80. The topological polar surface area (TPSA) is 66.0 Å². The third kappa shape index (κ3) is 6.21. The van der Waals surface area contributed by atoms with Crippen molar-refractivity contribution in [2.75, 3.05) is 34.0 Å². The van der Waals surface area contributed by atoms with Crippen molar-refractivity contribution >= 4 is 5.91 Å². The van der Waals surface area contributed by atoms with Crippen LogP contribution in [-0.4, -0.2) is 39.9 Å². The van der Waals surface area contributed by atoms with Gasteiger partial charge in [0.1, 0.15) is 11.5 Å². The minimum atomic E-state index is -0.304. The average Bonchev–Trinajstić information content (AvgIpc) is 2.75. The number of hydrogen-bond acceptors (Lipinski definition) is 5. The summed E-state index contributed by atoms with van der Waals surface area (Å²) < 4.78 is 22.4. The van der Waals surface area contributed by atoms with Crippen LogP contribution in [0, 0.1) is 5.41 Å². The van der Waals surface area contributed by atoms with Crippen molar-refractivity contribution in [1.82, 2.24) is 5.32 Å². The Morgan fingerprint density at radius 1 is 0.828 bits per heavy atom. The molecular formula is C23H29NO5. The van der Waals surface area contributed by atoms with Crippen LogP contribution in [0.5, 0.6) is 11.5 Å². The fraction of sp³-hybridized carbons (Fsp3) is 0.435. The maximum atomic E-state index is 12.0. The number of rotatable bonds is 10. The molecule has 1 fully saturated rings. The molecule has 0 unspecified atom stereocenters. The number of carbonyl (C=O) groups excluding carboxylic acids is 1. The Hall–Kier alpha value is -2.57. The molecule has 29 heavy (non-hydrogen) atoms. The predicted octanol–water partition coefficient (Wildman–Crippen LogP) is 3.33. The molecule has 1 heterocycles. The van der Waals surface area contributed by atoms with Crippen LogP contribution in [0.15, 0.2) is 48.5 Å². The molecule has 6 nitrogen and oxygen atoms in total. The molecule has 2 aromatic carbocycles. The van der Waals surface area contributed by atoms with Gasteiger partial charge in [0, 0.05) is 18.4 Å². The number of methoxy groups -OCH3 is 2. The molecule has 156 valence electrons. The Kier molecular flexibility index (Phi) is 7.49. The molecule has 0 aromatic heterocycles. The van der Waals surface area contributed by atoms with E-state index < -0.39 is 0 Å². The van der Waals surface area contributed by atoms with Gasteiger partial charge in [-0.05, 0) is 41.8 Å². The summed E-state index contributed by atoms with van der Waals surface area (Å²) in [5.74, 6) is 1.69. The molecule has 1 aliphatic rings. The van der Waals surface area contributed by atoms with Crippen LogP contribution >= 0.6 is 0 Å². The van der Waals surface area contributed by atoms with E-state index in [9.17, 15) is 4.79 Å². The second kappa shape index (κ2) is 10.3. The van der Waals surface area contributed by atoms with Crippen molar-refractivity contribution in [3.05, 3.63) is 59.7 Å². The van der Waals surface area contributed by atoms with E-state index in [0.29, 0.717) is 39.4 Å². The Morgan fingerprint density at radius 2 is 1.31 bits per heavy atom. The van der Waals surface area contributed by atoms with Crippen LogP contribution in [0.1, 0.15) is 24.0 Å². The van der Waals surface area contributed by atoms with Crippen LogP contribution < -0.4 is 14.8 Å². The Labute approximate surface area is 172 Å². The van der Waals surface area contributed by atoms with E-state index in [1.807, 2.05) is 48.5 Å². The number of benzene rings is 2. The molecule has 0 aliphatic carbocycles. The second-order valence-corrected chi connectivity index (χ2v) is 7.46. The van der Waals surface area contributed by atoms with Gasteiger partial charge in [-0.25, -0.2) is 0 Å². The Bertz CT molecular complexity index is 719. The molecule has 1 saturated heterocycles. The van der Waals surface area contributed by atoms with Gasteiger partial charge in [-0.2, -0.15) is 0 Å². The van der Waals surface area contributed by atoms with Gasteiger partial charge in [-0.3, -0.25) is 4.79 Å². The monoisotopic (exact) mass is 399 g/mol. The highest BCUT2D eigenvalue weighted by molar-refractivity contribution is 5.77. The van der Waals surface area contributed by atoms with Crippen molar-refractivity contribution in [2.24, 2.45) is 5.41 Å². The second-order valence-electron chi connectivity index (χ2n) is 7.46. The summed E-state index contributed by atoms with van der Waals surface area (Å²) in [6.07, 6.45) is 1.25. The van der Waals surface area contributed by atoms with Crippen molar-refractivity contribution in [3.8, 4) is 11.5 Å². The standard InChI is InChI=1S/C23H29NO5/c1-26-20-7-3-18(4-8-20)14-28-16-23(11-12-24-22(25)13-23)17-29-15-19-5-9-21(27-2)10-6-19/h3-10H,11-17H2,1-2H3,(H,24,25). The van der Waals surface area contributed by atoms with Crippen molar-refractivity contribution in [1.29, 1.82) is 0 Å². The summed E-state index contributed by atoms with van der Waals surface area (Å²) >= 11 is 0. The lowest BCUT2D eigenvalue weighted by Crippen LogP contribution is -2.46. The molecule has 0 radical (unpaired) electrons. The van der Waals surface area contributed by atoms with Crippen LogP contribution in [0.25, 0.3) is 0 Å². The zero-order valence-corrected chi connectivity index (χ0v) is 17.1. The van der Waals surface area contributed by atoms with E-state index in [2.05, 4.69) is 5.32 Å². The minimum Gasteiger partial charge on any atom is -0.497 e. The fourth-order valence-corrected chi connectivity index (χ4v) is 3.46. The molecule has 0 atom stereocenters. The van der Waals surface area contributed by atoms with Gasteiger partial charge in [0.2, 0.25) is 5.91 Å². The first kappa shape index (κ1) is 21.1. The summed E-state index contributed by atoms with van der Waals surface area (Å²) in [5.41, 5.74) is 1.84. The third-order valence-electron chi connectivity index (χ3n) is 5.19. The summed E-state index contributed by atoms with van der Waals surface area (Å²) in [4.78, 5) is 12.0. The van der Waals surface area contributed by atoms with Crippen molar-refractivity contribution < 1.29 is 23.7 Å². The zero-order valence-electron chi connectivity index (χ0n) is 17.1. The molecule has 2 aromatic rings. The molecule has 0 saturated carbocycles. The number of nitrogens with one attached hydrogen (secondary N) is 1. The molecule has 3 rings (SSSR count). The smallest absolute Gasteiger partial charge is 0.220 e. The van der Waals surface area contributed by atoms with Gasteiger partial charge in [0.05, 0.1) is 40.6 Å².